The van der Waals surface area contributed by atoms with Gasteiger partial charge >= 0.3 is 5.69 Å². The molecule has 3 aromatic rings. The molecule has 17 heavy (non-hydrogen) atoms. The van der Waals surface area contributed by atoms with E-state index in [1.165, 1.54) is 15.4 Å². The van der Waals surface area contributed by atoms with Gasteiger partial charge in [0, 0.05) is 18.6 Å². The van der Waals surface area contributed by atoms with Crippen molar-refractivity contribution < 1.29 is 4.92 Å². The molecule has 0 radical (unpaired) electrons. The molecule has 0 spiro atoms. The Bertz CT molecular complexity index is 686. The van der Waals surface area contributed by atoms with Crippen LogP contribution in [0.15, 0.2) is 43.1 Å². The predicted molar refractivity (Wildman–Crippen MR) is 59.0 cm³/mol. The van der Waals surface area contributed by atoms with Crippen LogP contribution in [0.25, 0.3) is 11.3 Å². The van der Waals surface area contributed by atoms with Gasteiger partial charge in [-0.15, -0.1) is 5.10 Å². The average molecular weight is 229 g/mol. The van der Waals surface area contributed by atoms with E-state index in [9.17, 15) is 10.1 Å². The quantitative estimate of drug-likeness (QED) is 0.492. The highest BCUT2D eigenvalue weighted by molar-refractivity contribution is 5.72. The van der Waals surface area contributed by atoms with Crippen molar-refractivity contribution in [3.8, 4) is 5.82 Å². The summed E-state index contributed by atoms with van der Waals surface area (Å²) in [6.07, 6.45) is 6.32. The third-order valence-corrected chi connectivity index (χ3v) is 2.43. The van der Waals surface area contributed by atoms with Crippen molar-refractivity contribution in [1.29, 1.82) is 0 Å². The molecule has 0 fully saturated rings. The lowest BCUT2D eigenvalue weighted by molar-refractivity contribution is -0.382. The zero-order chi connectivity index (χ0) is 11.8. The molecule has 0 amide bonds. The summed E-state index contributed by atoms with van der Waals surface area (Å²) in [6, 6.07) is 5.16. The predicted octanol–water partition coefficient (Wildman–Crippen LogP) is 1.43. The van der Waals surface area contributed by atoms with Crippen LogP contribution in [0.1, 0.15) is 0 Å². The van der Waals surface area contributed by atoms with Crippen molar-refractivity contribution in [3.63, 3.8) is 0 Å². The first-order chi connectivity index (χ1) is 8.27. The molecule has 0 bridgehead atoms. The molecule has 7 nitrogen and oxygen atoms in total. The number of fused-ring (bicyclic) bond motifs is 1. The highest BCUT2D eigenvalue weighted by Gasteiger charge is 2.23. The van der Waals surface area contributed by atoms with Gasteiger partial charge in [-0.25, -0.2) is 9.50 Å². The molecule has 0 saturated carbocycles. The number of nitrogens with zero attached hydrogens (tertiary/aromatic N) is 5. The van der Waals surface area contributed by atoms with Crippen LogP contribution in [0.3, 0.4) is 0 Å². The van der Waals surface area contributed by atoms with E-state index < -0.39 is 4.92 Å². The van der Waals surface area contributed by atoms with Gasteiger partial charge in [0.1, 0.15) is 11.8 Å². The SMILES string of the molecule is O=[N+]([O-])c1c(-n2ccnc2)nn2ccccc12. The zero-order valence-corrected chi connectivity index (χ0v) is 8.59. The number of pyridine rings is 1. The number of rotatable bonds is 2. The summed E-state index contributed by atoms with van der Waals surface area (Å²) in [4.78, 5) is 14.5. The third kappa shape index (κ3) is 1.36. The molecule has 0 aliphatic carbocycles. The minimum atomic E-state index is -0.433. The molecule has 0 aliphatic heterocycles. The molecular weight excluding hydrogens is 222 g/mol. The maximum atomic E-state index is 11.1. The van der Waals surface area contributed by atoms with E-state index in [4.69, 9.17) is 0 Å². The number of nitro groups is 1. The van der Waals surface area contributed by atoms with Crippen molar-refractivity contribution in [2.75, 3.05) is 0 Å². The van der Waals surface area contributed by atoms with Crippen molar-refractivity contribution in [2.45, 2.75) is 0 Å². The van der Waals surface area contributed by atoms with E-state index in [1.807, 2.05) is 0 Å². The summed E-state index contributed by atoms with van der Waals surface area (Å²) < 4.78 is 3.00. The molecule has 0 atom stereocenters. The lowest BCUT2D eigenvalue weighted by Gasteiger charge is -1.94. The Labute approximate surface area is 95.1 Å². The standard InChI is InChI=1S/C10H7N5O2/c16-15(17)9-8-3-1-2-5-14(8)12-10(9)13-6-4-11-7-13/h1-7H. The van der Waals surface area contributed by atoms with Crippen LogP contribution in [0.5, 0.6) is 0 Å². The molecule has 0 saturated heterocycles. The minimum absolute atomic E-state index is 0.0244. The Balaban J connectivity index is 2.38. The maximum Gasteiger partial charge on any atom is 0.339 e. The van der Waals surface area contributed by atoms with Crippen LogP contribution < -0.4 is 0 Å². The summed E-state index contributed by atoms with van der Waals surface area (Å²) in [5.41, 5.74) is 0.435. The minimum Gasteiger partial charge on any atom is -0.283 e. The normalized spacial score (nSPS) is 10.8. The summed E-state index contributed by atoms with van der Waals surface area (Å²) in [5.74, 6) is 0.263. The smallest absolute Gasteiger partial charge is 0.283 e. The maximum absolute atomic E-state index is 11.1. The van der Waals surface area contributed by atoms with Crippen LogP contribution >= 0.6 is 0 Å². The molecule has 0 aromatic carbocycles. The summed E-state index contributed by atoms with van der Waals surface area (Å²) in [5, 5.41) is 15.3. The average Bonchev–Trinajstić information content (AvgIpc) is 2.95. The van der Waals surface area contributed by atoms with Gasteiger partial charge in [0.25, 0.3) is 0 Å². The van der Waals surface area contributed by atoms with E-state index in [1.54, 1.807) is 36.8 Å². The summed E-state index contributed by atoms with van der Waals surface area (Å²) in [6.45, 7) is 0. The van der Waals surface area contributed by atoms with E-state index >= 15 is 0 Å². The Hall–Kier alpha value is -2.70. The summed E-state index contributed by atoms with van der Waals surface area (Å²) in [7, 11) is 0. The fourth-order valence-electron chi connectivity index (χ4n) is 1.71. The Kier molecular flexibility index (Phi) is 1.91. The second-order valence-electron chi connectivity index (χ2n) is 3.43. The van der Waals surface area contributed by atoms with Gasteiger partial charge in [-0.3, -0.25) is 14.7 Å². The largest absolute Gasteiger partial charge is 0.339 e. The van der Waals surface area contributed by atoms with Gasteiger partial charge < -0.3 is 0 Å². The molecule has 0 unspecified atom stereocenters. The Morgan fingerprint density at radius 1 is 1.29 bits per heavy atom. The van der Waals surface area contributed by atoms with Crippen LogP contribution in [0.4, 0.5) is 5.69 Å². The second kappa shape index (κ2) is 3.41. The number of hydrogen-bond acceptors (Lipinski definition) is 4. The highest BCUT2D eigenvalue weighted by atomic mass is 16.6. The van der Waals surface area contributed by atoms with Crippen LogP contribution in [0, 0.1) is 10.1 Å². The molecular formula is C10H7N5O2. The zero-order valence-electron chi connectivity index (χ0n) is 8.59. The first-order valence-electron chi connectivity index (χ1n) is 4.87. The van der Waals surface area contributed by atoms with Crippen LogP contribution in [0.2, 0.25) is 0 Å². The molecule has 3 rings (SSSR count). The van der Waals surface area contributed by atoms with E-state index in [2.05, 4.69) is 10.1 Å². The molecule has 3 aromatic heterocycles. The van der Waals surface area contributed by atoms with Gasteiger partial charge in [-0.05, 0) is 12.1 Å². The number of imidazole rings is 1. The van der Waals surface area contributed by atoms with E-state index in [-0.39, 0.29) is 11.5 Å². The van der Waals surface area contributed by atoms with Gasteiger partial charge in [0.2, 0.25) is 5.82 Å². The fourth-order valence-corrected chi connectivity index (χ4v) is 1.71. The molecule has 3 heterocycles. The number of aromatic nitrogens is 4. The van der Waals surface area contributed by atoms with Gasteiger partial charge in [-0.1, -0.05) is 6.07 Å². The monoisotopic (exact) mass is 229 g/mol. The van der Waals surface area contributed by atoms with E-state index in [0.717, 1.165) is 0 Å². The van der Waals surface area contributed by atoms with Crippen molar-refractivity contribution in [1.82, 2.24) is 19.2 Å². The molecule has 0 aliphatic rings. The Morgan fingerprint density at radius 3 is 2.88 bits per heavy atom. The highest BCUT2D eigenvalue weighted by Crippen LogP contribution is 2.26. The summed E-state index contributed by atoms with van der Waals surface area (Å²) >= 11 is 0. The van der Waals surface area contributed by atoms with Crippen molar-refractivity contribution >= 4 is 11.2 Å². The first kappa shape index (κ1) is 9.52. The lowest BCUT2D eigenvalue weighted by Crippen LogP contribution is -1.96. The third-order valence-electron chi connectivity index (χ3n) is 2.43. The second-order valence-corrected chi connectivity index (χ2v) is 3.43. The van der Waals surface area contributed by atoms with Crippen LogP contribution in [-0.2, 0) is 0 Å². The first-order valence-corrected chi connectivity index (χ1v) is 4.87. The fraction of sp³-hybridized carbons (Fsp3) is 0. The Morgan fingerprint density at radius 2 is 2.18 bits per heavy atom. The molecule has 7 heteroatoms. The van der Waals surface area contributed by atoms with Gasteiger partial charge in [0.15, 0.2) is 0 Å². The van der Waals surface area contributed by atoms with Crippen LogP contribution in [-0.4, -0.2) is 24.1 Å². The van der Waals surface area contributed by atoms with Gasteiger partial charge in [-0.2, -0.15) is 0 Å². The van der Waals surface area contributed by atoms with Gasteiger partial charge in [0.05, 0.1) is 4.92 Å². The topological polar surface area (TPSA) is 78.3 Å². The number of hydrogen-bond donors (Lipinski definition) is 0. The molecule has 84 valence electrons. The van der Waals surface area contributed by atoms with E-state index in [0.29, 0.717) is 5.52 Å². The van der Waals surface area contributed by atoms with Crippen molar-refractivity contribution in [3.05, 3.63) is 53.2 Å². The lowest BCUT2D eigenvalue weighted by atomic mass is 10.3. The van der Waals surface area contributed by atoms with Crippen molar-refractivity contribution in [2.24, 2.45) is 0 Å². The molecule has 0 N–H and O–H groups in total.